The SMILES string of the molecule is CCc1cc(-c2ncc3c(n2)[nH]c2c(OC)cc(C(=O)O)cc23)n(C)n1. The van der Waals surface area contributed by atoms with Gasteiger partial charge in [0.15, 0.2) is 5.82 Å². The third kappa shape index (κ3) is 2.38. The number of H-pyrrole nitrogens is 1. The molecule has 132 valence electrons. The van der Waals surface area contributed by atoms with Gasteiger partial charge in [0, 0.05) is 24.0 Å². The second-order valence-corrected chi connectivity index (χ2v) is 5.99. The highest BCUT2D eigenvalue weighted by molar-refractivity contribution is 6.10. The van der Waals surface area contributed by atoms with Crippen LogP contribution in [0.5, 0.6) is 5.75 Å². The van der Waals surface area contributed by atoms with Crippen LogP contribution in [0.3, 0.4) is 0 Å². The molecule has 0 radical (unpaired) electrons. The van der Waals surface area contributed by atoms with Gasteiger partial charge in [-0.05, 0) is 24.6 Å². The summed E-state index contributed by atoms with van der Waals surface area (Å²) in [6, 6.07) is 5.05. The number of nitrogens with zero attached hydrogens (tertiary/aromatic N) is 4. The van der Waals surface area contributed by atoms with Crippen molar-refractivity contribution in [1.82, 2.24) is 24.7 Å². The topological polar surface area (TPSA) is 106 Å². The molecule has 0 amide bonds. The number of aromatic amines is 1. The number of aryl methyl sites for hydroxylation is 2. The average Bonchev–Trinajstić information content (AvgIpc) is 3.20. The first-order valence-corrected chi connectivity index (χ1v) is 8.14. The fourth-order valence-corrected chi connectivity index (χ4v) is 3.07. The van der Waals surface area contributed by atoms with Crippen molar-refractivity contribution in [1.29, 1.82) is 0 Å². The number of rotatable bonds is 4. The molecule has 0 unspecified atom stereocenters. The van der Waals surface area contributed by atoms with Gasteiger partial charge in [0.2, 0.25) is 0 Å². The summed E-state index contributed by atoms with van der Waals surface area (Å²) >= 11 is 0. The molecule has 0 spiro atoms. The van der Waals surface area contributed by atoms with Crippen LogP contribution in [0.2, 0.25) is 0 Å². The number of aromatic nitrogens is 5. The van der Waals surface area contributed by atoms with Gasteiger partial charge in [0.05, 0.1) is 23.9 Å². The molecule has 0 aliphatic rings. The zero-order valence-electron chi connectivity index (χ0n) is 14.6. The van der Waals surface area contributed by atoms with E-state index in [-0.39, 0.29) is 5.56 Å². The third-order valence-electron chi connectivity index (χ3n) is 4.41. The second-order valence-electron chi connectivity index (χ2n) is 5.99. The highest BCUT2D eigenvalue weighted by Gasteiger charge is 2.17. The number of carboxylic acids is 1. The van der Waals surface area contributed by atoms with E-state index in [1.807, 2.05) is 20.0 Å². The zero-order chi connectivity index (χ0) is 18.4. The number of nitrogens with one attached hydrogen (secondary N) is 1. The summed E-state index contributed by atoms with van der Waals surface area (Å²) in [5, 5.41) is 15.2. The molecular weight excluding hydrogens is 334 g/mol. The summed E-state index contributed by atoms with van der Waals surface area (Å²) in [5.41, 5.74) is 3.25. The maximum Gasteiger partial charge on any atom is 0.335 e. The molecule has 3 heterocycles. The number of benzene rings is 1. The lowest BCUT2D eigenvalue weighted by Gasteiger charge is -2.03. The number of aromatic carboxylic acids is 1. The highest BCUT2D eigenvalue weighted by Crippen LogP contribution is 2.33. The van der Waals surface area contributed by atoms with Crippen molar-refractivity contribution in [2.24, 2.45) is 7.05 Å². The van der Waals surface area contributed by atoms with Crippen molar-refractivity contribution in [3.8, 4) is 17.3 Å². The molecule has 0 saturated heterocycles. The van der Waals surface area contributed by atoms with Gasteiger partial charge in [-0.3, -0.25) is 4.68 Å². The second kappa shape index (κ2) is 5.83. The Balaban J connectivity index is 1.95. The Labute approximate surface area is 148 Å². The van der Waals surface area contributed by atoms with Gasteiger partial charge in [-0.15, -0.1) is 0 Å². The van der Waals surface area contributed by atoms with Crippen molar-refractivity contribution in [2.75, 3.05) is 7.11 Å². The molecular formula is C18H17N5O3. The van der Waals surface area contributed by atoms with Gasteiger partial charge in [0.25, 0.3) is 0 Å². The summed E-state index contributed by atoms with van der Waals surface area (Å²) in [6.07, 6.45) is 2.53. The first-order valence-electron chi connectivity index (χ1n) is 8.14. The fourth-order valence-electron chi connectivity index (χ4n) is 3.07. The molecule has 0 aliphatic heterocycles. The number of methoxy groups -OCH3 is 1. The molecule has 3 aromatic heterocycles. The zero-order valence-corrected chi connectivity index (χ0v) is 14.6. The lowest BCUT2D eigenvalue weighted by molar-refractivity contribution is 0.0696. The van der Waals surface area contributed by atoms with E-state index in [0.29, 0.717) is 28.1 Å². The standard InChI is InChI=1S/C18H17N5O3/c1-4-10-7-13(23(2)22-10)17-19-8-12-11-5-9(18(24)25)6-14(26-3)15(11)20-16(12)21-17/h5-8H,4H2,1-3H3,(H,24,25)(H,19,20,21). The van der Waals surface area contributed by atoms with E-state index in [0.717, 1.165) is 23.2 Å². The Morgan fingerprint density at radius 1 is 1.31 bits per heavy atom. The van der Waals surface area contributed by atoms with Crippen LogP contribution in [0.25, 0.3) is 33.5 Å². The van der Waals surface area contributed by atoms with Gasteiger partial charge in [-0.25, -0.2) is 14.8 Å². The third-order valence-corrected chi connectivity index (χ3v) is 4.41. The molecule has 4 aromatic rings. The molecule has 0 bridgehead atoms. The van der Waals surface area contributed by atoms with E-state index < -0.39 is 5.97 Å². The Morgan fingerprint density at radius 3 is 2.77 bits per heavy atom. The van der Waals surface area contributed by atoms with Gasteiger partial charge in [-0.1, -0.05) is 6.92 Å². The highest BCUT2D eigenvalue weighted by atomic mass is 16.5. The first kappa shape index (κ1) is 16.1. The van der Waals surface area contributed by atoms with Crippen LogP contribution in [-0.2, 0) is 13.5 Å². The summed E-state index contributed by atoms with van der Waals surface area (Å²) in [5.74, 6) is -0.0106. The monoisotopic (exact) mass is 351 g/mol. The van der Waals surface area contributed by atoms with Gasteiger partial charge in [-0.2, -0.15) is 5.10 Å². The minimum absolute atomic E-state index is 0.151. The lowest BCUT2D eigenvalue weighted by atomic mass is 10.1. The predicted molar refractivity (Wildman–Crippen MR) is 96.5 cm³/mol. The molecule has 4 rings (SSSR count). The summed E-state index contributed by atoms with van der Waals surface area (Å²) in [4.78, 5) is 23.7. The summed E-state index contributed by atoms with van der Waals surface area (Å²) < 4.78 is 7.10. The largest absolute Gasteiger partial charge is 0.495 e. The van der Waals surface area contributed by atoms with Crippen molar-refractivity contribution in [2.45, 2.75) is 13.3 Å². The van der Waals surface area contributed by atoms with Crippen LogP contribution < -0.4 is 4.74 Å². The van der Waals surface area contributed by atoms with Gasteiger partial charge >= 0.3 is 5.97 Å². The maximum absolute atomic E-state index is 11.4. The number of carboxylic acid groups (broad SMARTS) is 1. The fraction of sp³-hybridized carbons (Fsp3) is 0.222. The molecule has 2 N–H and O–H groups in total. The Morgan fingerprint density at radius 2 is 2.12 bits per heavy atom. The Bertz CT molecular complexity index is 1160. The molecule has 0 saturated carbocycles. The Kier molecular flexibility index (Phi) is 3.61. The quantitative estimate of drug-likeness (QED) is 0.586. The van der Waals surface area contributed by atoms with Crippen LogP contribution in [0, 0.1) is 0 Å². The van der Waals surface area contributed by atoms with Crippen molar-refractivity contribution >= 4 is 27.9 Å². The molecule has 8 heteroatoms. The molecule has 1 aromatic carbocycles. The molecule has 0 aliphatic carbocycles. The lowest BCUT2D eigenvalue weighted by Crippen LogP contribution is -1.98. The van der Waals surface area contributed by atoms with E-state index in [4.69, 9.17) is 4.74 Å². The number of hydrogen-bond acceptors (Lipinski definition) is 5. The van der Waals surface area contributed by atoms with Crippen molar-refractivity contribution in [3.05, 3.63) is 35.7 Å². The average molecular weight is 351 g/mol. The number of carbonyl (C=O) groups is 1. The minimum atomic E-state index is -1.01. The minimum Gasteiger partial charge on any atom is -0.495 e. The van der Waals surface area contributed by atoms with Crippen LogP contribution in [0.1, 0.15) is 23.0 Å². The maximum atomic E-state index is 11.4. The molecule has 26 heavy (non-hydrogen) atoms. The van der Waals surface area contributed by atoms with E-state index >= 15 is 0 Å². The van der Waals surface area contributed by atoms with Crippen molar-refractivity contribution < 1.29 is 14.6 Å². The van der Waals surface area contributed by atoms with Crippen LogP contribution >= 0.6 is 0 Å². The van der Waals surface area contributed by atoms with Crippen LogP contribution in [0.4, 0.5) is 0 Å². The van der Waals surface area contributed by atoms with Crippen LogP contribution in [0.15, 0.2) is 24.4 Å². The van der Waals surface area contributed by atoms with Crippen molar-refractivity contribution in [3.63, 3.8) is 0 Å². The predicted octanol–water partition coefficient (Wildman–Crippen LogP) is 2.78. The molecule has 8 nitrogen and oxygen atoms in total. The van der Waals surface area contributed by atoms with Gasteiger partial charge < -0.3 is 14.8 Å². The van der Waals surface area contributed by atoms with Gasteiger partial charge in [0.1, 0.15) is 17.1 Å². The smallest absolute Gasteiger partial charge is 0.335 e. The number of fused-ring (bicyclic) bond motifs is 3. The number of hydrogen-bond donors (Lipinski definition) is 2. The molecule has 0 fully saturated rings. The van der Waals surface area contributed by atoms with Crippen LogP contribution in [-0.4, -0.2) is 42.9 Å². The summed E-state index contributed by atoms with van der Waals surface area (Å²) in [6.45, 7) is 2.04. The number of ether oxygens (including phenoxy) is 1. The summed E-state index contributed by atoms with van der Waals surface area (Å²) in [7, 11) is 3.36. The van der Waals surface area contributed by atoms with E-state index in [1.165, 1.54) is 13.2 Å². The Hall–Kier alpha value is -3.42. The first-order chi connectivity index (χ1) is 12.5. The molecule has 0 atom stereocenters. The van der Waals surface area contributed by atoms with E-state index in [2.05, 4.69) is 20.1 Å². The van der Waals surface area contributed by atoms with E-state index in [9.17, 15) is 9.90 Å². The van der Waals surface area contributed by atoms with E-state index in [1.54, 1.807) is 16.9 Å². The normalized spacial score (nSPS) is 11.3.